The van der Waals surface area contributed by atoms with Gasteiger partial charge in [-0.3, -0.25) is 14.4 Å². The molecule has 0 saturated heterocycles. The molecule has 0 aliphatic carbocycles. The number of nitrogens with one attached hydrogen (secondary N) is 2. The van der Waals surface area contributed by atoms with E-state index in [1.807, 2.05) is 6.07 Å². The second kappa shape index (κ2) is 12.1. The van der Waals surface area contributed by atoms with E-state index in [-0.39, 0.29) is 32.1 Å². The molecule has 12 heteroatoms. The third-order valence-corrected chi connectivity index (χ3v) is 6.71. The molecule has 0 bridgehead atoms. The van der Waals surface area contributed by atoms with Crippen molar-refractivity contribution in [3.63, 3.8) is 0 Å². The van der Waals surface area contributed by atoms with Crippen LogP contribution in [0.5, 0.6) is 5.75 Å². The summed E-state index contributed by atoms with van der Waals surface area (Å²) in [5, 5.41) is 15.5. The smallest absolute Gasteiger partial charge is 0.319 e. The summed E-state index contributed by atoms with van der Waals surface area (Å²) in [5.41, 5.74) is 0.733. The number of nitrogens with zero attached hydrogens (tertiary/aromatic N) is 1. The van der Waals surface area contributed by atoms with Crippen LogP contribution >= 0.6 is 35.0 Å². The molecule has 0 aromatic heterocycles. The quantitative estimate of drug-likeness (QED) is 0.362. The predicted octanol–water partition coefficient (Wildman–Crippen LogP) is 4.64. The first kappa shape index (κ1) is 27.3. The number of anilines is 1. The molecule has 1 aliphatic heterocycles. The Balaban J connectivity index is 1.96. The first-order valence-corrected chi connectivity index (χ1v) is 12.3. The number of methoxy groups -OCH3 is 1. The van der Waals surface area contributed by atoms with Crippen molar-refractivity contribution in [1.29, 1.82) is 5.26 Å². The van der Waals surface area contributed by atoms with E-state index in [4.69, 9.17) is 32.7 Å². The summed E-state index contributed by atoms with van der Waals surface area (Å²) in [7, 11) is 1.13. The fourth-order valence-corrected chi connectivity index (χ4v) is 5.05. The molecule has 8 nitrogen and oxygen atoms in total. The molecule has 0 radical (unpaired) electrons. The Morgan fingerprint density at radius 2 is 1.86 bits per heavy atom. The zero-order valence-corrected chi connectivity index (χ0v) is 21.4. The summed E-state index contributed by atoms with van der Waals surface area (Å²) in [6.07, 6.45) is 0. The number of hydrogen-bond donors (Lipinski definition) is 2. The first-order chi connectivity index (χ1) is 17.2. The standard InChI is InChI=1S/C24H20Cl2FN3O5S/c1-3-35-21-16(25)8-12(9-17(21)26)19-15(10-28)23(30-22(32)20(19)24(33)34-2)36-11-18(31)29-14-6-4-13(27)5-7-14/h4-9,19-20H,3,11H2,1-2H3,(H,29,31)(H,30,32)/t19-,20+/m0/s1. The van der Waals surface area contributed by atoms with Crippen molar-refractivity contribution in [3.8, 4) is 11.8 Å². The number of thioether (sulfide) groups is 1. The highest BCUT2D eigenvalue weighted by atomic mass is 35.5. The number of amides is 2. The third kappa shape index (κ3) is 6.10. The van der Waals surface area contributed by atoms with Gasteiger partial charge in [-0.15, -0.1) is 0 Å². The number of carbonyl (C=O) groups excluding carboxylic acids is 3. The topological polar surface area (TPSA) is 118 Å². The molecule has 0 spiro atoms. The summed E-state index contributed by atoms with van der Waals surface area (Å²) in [6, 6.07) is 10.2. The van der Waals surface area contributed by atoms with Crippen molar-refractivity contribution in [1.82, 2.24) is 5.32 Å². The van der Waals surface area contributed by atoms with Gasteiger partial charge in [-0.2, -0.15) is 5.26 Å². The number of hydrogen-bond acceptors (Lipinski definition) is 7. The van der Waals surface area contributed by atoms with Crippen LogP contribution in [0.15, 0.2) is 47.0 Å². The van der Waals surface area contributed by atoms with Crippen molar-refractivity contribution >= 4 is 58.4 Å². The number of benzene rings is 2. The molecule has 2 atom stereocenters. The summed E-state index contributed by atoms with van der Waals surface area (Å²) in [6.45, 7) is 2.06. The summed E-state index contributed by atoms with van der Waals surface area (Å²) in [5.74, 6) is -4.90. The predicted molar refractivity (Wildman–Crippen MR) is 134 cm³/mol. The molecule has 0 fully saturated rings. The Labute approximate surface area is 220 Å². The number of rotatable bonds is 8. The Bertz CT molecular complexity index is 1240. The van der Waals surface area contributed by atoms with Gasteiger partial charge in [0.05, 0.1) is 46.2 Å². The minimum Gasteiger partial charge on any atom is -0.491 e. The maximum atomic E-state index is 13.1. The van der Waals surface area contributed by atoms with Gasteiger partial charge in [-0.1, -0.05) is 35.0 Å². The fraction of sp³-hybridized carbons (Fsp3) is 0.250. The van der Waals surface area contributed by atoms with Crippen LogP contribution in [0.25, 0.3) is 0 Å². The lowest BCUT2D eigenvalue weighted by molar-refractivity contribution is -0.150. The summed E-state index contributed by atoms with van der Waals surface area (Å²) >= 11 is 13.6. The van der Waals surface area contributed by atoms with E-state index in [0.29, 0.717) is 17.9 Å². The molecule has 2 N–H and O–H groups in total. The number of halogens is 3. The van der Waals surface area contributed by atoms with E-state index in [9.17, 15) is 24.0 Å². The van der Waals surface area contributed by atoms with Gasteiger partial charge in [-0.25, -0.2) is 4.39 Å². The molecule has 1 aliphatic rings. The van der Waals surface area contributed by atoms with Crippen molar-refractivity contribution in [3.05, 3.63) is 68.4 Å². The lowest BCUT2D eigenvalue weighted by Crippen LogP contribution is -2.44. The zero-order chi connectivity index (χ0) is 26.4. The van der Waals surface area contributed by atoms with Crippen LogP contribution in [0.3, 0.4) is 0 Å². The molecular weight excluding hydrogens is 532 g/mol. The molecule has 0 saturated carbocycles. The lowest BCUT2D eigenvalue weighted by atomic mass is 9.78. The Morgan fingerprint density at radius 1 is 1.22 bits per heavy atom. The van der Waals surface area contributed by atoms with Crippen molar-refractivity contribution < 1.29 is 28.2 Å². The van der Waals surface area contributed by atoms with Crippen molar-refractivity contribution in [2.75, 3.05) is 24.8 Å². The largest absolute Gasteiger partial charge is 0.491 e. The Morgan fingerprint density at radius 3 is 2.42 bits per heavy atom. The van der Waals surface area contributed by atoms with Gasteiger partial charge in [-0.05, 0) is 48.9 Å². The normalized spacial score (nSPS) is 17.2. The summed E-state index contributed by atoms with van der Waals surface area (Å²) in [4.78, 5) is 37.9. The van der Waals surface area contributed by atoms with Crippen LogP contribution in [0.1, 0.15) is 18.4 Å². The van der Waals surface area contributed by atoms with E-state index in [2.05, 4.69) is 10.6 Å². The Hall–Kier alpha value is -3.26. The van der Waals surface area contributed by atoms with Crippen LogP contribution in [0, 0.1) is 23.1 Å². The molecule has 1 heterocycles. The second-order valence-electron chi connectivity index (χ2n) is 7.41. The average Bonchev–Trinajstić information content (AvgIpc) is 2.85. The third-order valence-electron chi connectivity index (χ3n) is 5.13. The van der Waals surface area contributed by atoms with Gasteiger partial charge in [0, 0.05) is 11.6 Å². The highest BCUT2D eigenvalue weighted by molar-refractivity contribution is 8.03. The average molecular weight is 552 g/mol. The minimum absolute atomic E-state index is 0.0286. The van der Waals surface area contributed by atoms with Crippen LogP contribution < -0.4 is 15.4 Å². The van der Waals surface area contributed by atoms with E-state index in [1.54, 1.807) is 6.92 Å². The van der Waals surface area contributed by atoms with E-state index >= 15 is 0 Å². The number of carbonyl (C=O) groups is 3. The molecule has 188 valence electrons. The van der Waals surface area contributed by atoms with Crippen LogP contribution in [0.4, 0.5) is 10.1 Å². The molecule has 2 aromatic carbocycles. The van der Waals surface area contributed by atoms with E-state index in [0.717, 1.165) is 18.9 Å². The molecule has 36 heavy (non-hydrogen) atoms. The van der Waals surface area contributed by atoms with Gasteiger partial charge in [0.15, 0.2) is 5.75 Å². The maximum Gasteiger partial charge on any atom is 0.319 e. The van der Waals surface area contributed by atoms with Crippen LogP contribution in [-0.2, 0) is 19.1 Å². The van der Waals surface area contributed by atoms with E-state index in [1.165, 1.54) is 36.4 Å². The van der Waals surface area contributed by atoms with Gasteiger partial charge in [0.2, 0.25) is 11.8 Å². The maximum absolute atomic E-state index is 13.1. The van der Waals surface area contributed by atoms with Crippen molar-refractivity contribution in [2.45, 2.75) is 12.8 Å². The second-order valence-corrected chi connectivity index (χ2v) is 9.21. The SMILES string of the molecule is CCOc1c(Cl)cc([C@H]2C(C#N)=C(SCC(=O)Nc3ccc(F)cc3)NC(=O)[C@@H]2C(=O)OC)cc1Cl. The van der Waals surface area contributed by atoms with Gasteiger partial charge in [0.25, 0.3) is 0 Å². The van der Waals surface area contributed by atoms with Gasteiger partial charge in [0.1, 0.15) is 11.7 Å². The number of nitriles is 1. The summed E-state index contributed by atoms with van der Waals surface area (Å²) < 4.78 is 23.3. The lowest BCUT2D eigenvalue weighted by Gasteiger charge is -2.31. The van der Waals surface area contributed by atoms with Crippen LogP contribution in [-0.4, -0.2) is 37.3 Å². The van der Waals surface area contributed by atoms with Gasteiger partial charge >= 0.3 is 5.97 Å². The molecular formula is C24H20Cl2FN3O5S. The molecule has 2 aromatic rings. The van der Waals surface area contributed by atoms with Crippen LogP contribution in [0.2, 0.25) is 10.0 Å². The fourth-order valence-electron chi connectivity index (χ4n) is 3.59. The van der Waals surface area contributed by atoms with Crippen molar-refractivity contribution in [2.24, 2.45) is 5.92 Å². The number of esters is 1. The highest BCUT2D eigenvalue weighted by Crippen LogP contribution is 2.44. The monoisotopic (exact) mass is 551 g/mol. The first-order valence-electron chi connectivity index (χ1n) is 10.5. The van der Waals surface area contributed by atoms with E-state index < -0.39 is 35.4 Å². The molecule has 2 amide bonds. The highest BCUT2D eigenvalue weighted by Gasteiger charge is 2.44. The molecule has 3 rings (SSSR count). The minimum atomic E-state index is -1.40. The van der Waals surface area contributed by atoms with Gasteiger partial charge < -0.3 is 20.1 Å². The molecule has 0 unspecified atom stereocenters. The Kier molecular flexibility index (Phi) is 9.20. The number of ether oxygens (including phenoxy) is 2. The number of allylic oxidation sites excluding steroid dienone is 1. The zero-order valence-electron chi connectivity index (χ0n) is 19.1.